The quantitative estimate of drug-likeness (QED) is 0.0939. The fraction of sp³-hybridized carbons (Fsp3) is 0.319. The molecule has 4 aromatic heterocycles. The maximum absolute atomic E-state index is 12.1. The van der Waals surface area contributed by atoms with E-state index < -0.39 is 0 Å². The van der Waals surface area contributed by atoms with Gasteiger partial charge in [0.05, 0.1) is 45.4 Å². The van der Waals surface area contributed by atoms with Crippen LogP contribution in [0.5, 0.6) is 0 Å². The first-order chi connectivity index (χ1) is 30.9. The lowest BCUT2D eigenvalue weighted by Gasteiger charge is -2.33. The lowest BCUT2D eigenvalue weighted by Crippen LogP contribution is -2.45. The molecule has 0 spiro atoms. The maximum atomic E-state index is 12.1. The Kier molecular flexibility index (Phi) is 11.4. The molecule has 0 atom stereocenters. The van der Waals surface area contributed by atoms with E-state index in [1.165, 1.54) is 0 Å². The van der Waals surface area contributed by atoms with Crippen LogP contribution in [-0.2, 0) is 13.1 Å². The molecule has 10 rings (SSSR count). The number of hydrogen-bond acceptors (Lipinski definition) is 13. The highest BCUT2D eigenvalue weighted by Gasteiger charge is 2.29. The number of piperazine rings is 1. The van der Waals surface area contributed by atoms with Crippen molar-refractivity contribution in [3.8, 4) is 22.3 Å². The molecule has 0 radical (unpaired) electrons. The minimum Gasteiger partial charge on any atom is -0.361 e. The number of aryl methyl sites for hydroxylation is 4. The first kappa shape index (κ1) is 41.9. The van der Waals surface area contributed by atoms with Gasteiger partial charge >= 0.3 is 0 Å². The number of benzene rings is 4. The molecule has 2 aliphatic rings. The van der Waals surface area contributed by atoms with Gasteiger partial charge in [0.1, 0.15) is 11.5 Å². The fourth-order valence-electron chi connectivity index (χ4n) is 8.99. The molecule has 328 valence electrons. The highest BCUT2D eigenvalue weighted by atomic mass is 16.6. The zero-order chi connectivity index (χ0) is 44.6. The number of imidazole rings is 2. The first-order valence-corrected chi connectivity index (χ1v) is 21.4. The molecule has 0 amide bonds. The number of anilines is 2. The van der Waals surface area contributed by atoms with E-state index in [0.29, 0.717) is 52.6 Å². The van der Waals surface area contributed by atoms with Gasteiger partial charge in [-0.05, 0) is 82.0 Å². The summed E-state index contributed by atoms with van der Waals surface area (Å²) in [5.74, 6) is 2.82. The van der Waals surface area contributed by atoms with Crippen molar-refractivity contribution in [2.75, 3.05) is 56.1 Å². The summed E-state index contributed by atoms with van der Waals surface area (Å²) in [5, 5.41) is 32.2. The van der Waals surface area contributed by atoms with E-state index in [-0.39, 0.29) is 21.2 Å². The summed E-state index contributed by atoms with van der Waals surface area (Å²) in [6.07, 6.45) is 2.20. The summed E-state index contributed by atoms with van der Waals surface area (Å²) in [4.78, 5) is 39.8. The molecular formula is C47H49N11O6. The predicted molar refractivity (Wildman–Crippen MR) is 245 cm³/mol. The van der Waals surface area contributed by atoms with Gasteiger partial charge in [0.15, 0.2) is 11.0 Å². The number of likely N-dealkylation sites (N-methyl/N-ethyl adjacent to an activating group) is 1. The number of hydrogen-bond donors (Lipinski definition) is 0. The number of nitrogens with zero attached hydrogens (tertiary/aromatic N) is 11. The molecule has 17 heteroatoms. The van der Waals surface area contributed by atoms with Crippen LogP contribution in [0.1, 0.15) is 46.9 Å². The molecule has 2 fully saturated rings. The Morgan fingerprint density at radius 3 is 1.36 bits per heavy atom. The van der Waals surface area contributed by atoms with Gasteiger partial charge in [-0.3, -0.25) is 20.2 Å². The molecule has 0 aliphatic carbocycles. The van der Waals surface area contributed by atoms with Crippen molar-refractivity contribution in [1.82, 2.24) is 34.3 Å². The summed E-state index contributed by atoms with van der Waals surface area (Å²) < 4.78 is 14.9. The average Bonchev–Trinajstić information content (AvgIpc) is 4.14. The third kappa shape index (κ3) is 8.05. The number of non-ortho nitro benzene ring substituents is 2. The largest absolute Gasteiger partial charge is 0.361 e. The summed E-state index contributed by atoms with van der Waals surface area (Å²) >= 11 is 0. The van der Waals surface area contributed by atoms with Crippen LogP contribution in [0, 0.1) is 47.9 Å². The van der Waals surface area contributed by atoms with Gasteiger partial charge in [0, 0.05) is 62.5 Å². The normalized spacial score (nSPS) is 14.4. The molecule has 0 unspecified atom stereocenters. The molecule has 17 nitrogen and oxygen atoms in total. The van der Waals surface area contributed by atoms with Crippen LogP contribution < -0.4 is 9.80 Å². The Hall–Kier alpha value is -7.40. The van der Waals surface area contributed by atoms with Crippen LogP contribution in [-0.4, -0.2) is 90.5 Å². The second-order valence-corrected chi connectivity index (χ2v) is 16.6. The molecule has 2 aliphatic heterocycles. The Morgan fingerprint density at radius 1 is 0.578 bits per heavy atom. The third-order valence-electron chi connectivity index (χ3n) is 12.2. The van der Waals surface area contributed by atoms with Gasteiger partial charge in [0.25, 0.3) is 11.4 Å². The number of nitro groups is 2. The van der Waals surface area contributed by atoms with Crippen LogP contribution in [0.3, 0.4) is 0 Å². The summed E-state index contributed by atoms with van der Waals surface area (Å²) in [5.41, 5.74) is 8.94. The second-order valence-electron chi connectivity index (χ2n) is 16.6. The van der Waals surface area contributed by atoms with E-state index in [4.69, 9.17) is 19.0 Å². The van der Waals surface area contributed by atoms with E-state index in [0.717, 1.165) is 103 Å². The van der Waals surface area contributed by atoms with Gasteiger partial charge in [-0.1, -0.05) is 71.0 Å². The Morgan fingerprint density at radius 2 is 0.984 bits per heavy atom. The van der Waals surface area contributed by atoms with Crippen molar-refractivity contribution in [2.45, 2.75) is 53.6 Å². The topological polar surface area (TPSA) is 184 Å². The van der Waals surface area contributed by atoms with Crippen LogP contribution >= 0.6 is 0 Å². The Bertz CT molecular complexity index is 2960. The van der Waals surface area contributed by atoms with Gasteiger partial charge in [-0.15, -0.1) is 0 Å². The van der Waals surface area contributed by atoms with E-state index >= 15 is 0 Å². The molecule has 0 N–H and O–H groups in total. The molecule has 2 saturated heterocycles. The van der Waals surface area contributed by atoms with Crippen molar-refractivity contribution >= 4 is 45.3 Å². The minimum absolute atomic E-state index is 0.000224. The fourth-order valence-corrected chi connectivity index (χ4v) is 8.99. The van der Waals surface area contributed by atoms with E-state index in [9.17, 15) is 20.2 Å². The zero-order valence-corrected chi connectivity index (χ0v) is 36.5. The second kappa shape index (κ2) is 17.4. The Labute approximate surface area is 368 Å². The van der Waals surface area contributed by atoms with Crippen molar-refractivity contribution in [1.29, 1.82) is 0 Å². The highest BCUT2D eigenvalue weighted by molar-refractivity contribution is 5.94. The summed E-state index contributed by atoms with van der Waals surface area (Å²) in [6.45, 7) is 13.8. The molecule has 0 saturated carbocycles. The van der Waals surface area contributed by atoms with Crippen LogP contribution in [0.15, 0.2) is 94.0 Å². The standard InChI is InChI=1S/C24H26N6O3.C23H23N5O3/c1-16-22(17(2)33-26-16)19-13-20-23(21(14-19)30(31)32)25-24(28-11-9-27(3)10-12-28)29(20)15-18-7-5-4-6-8-18;1-15-21(16(2)31-25-15)18-12-19-22(20(13-18)28(29)30)24-23(26-10-6-7-11-26)27(19)14-17-8-4-3-5-9-17/h4-8,13-14H,9-12,15H2,1-3H3;3-5,8-9,12-13H,6-7,10-11,14H2,1-2H3. The molecule has 6 heterocycles. The van der Waals surface area contributed by atoms with Crippen molar-refractivity contribution in [3.05, 3.63) is 139 Å². The monoisotopic (exact) mass is 863 g/mol. The number of nitro benzene ring substituents is 2. The van der Waals surface area contributed by atoms with E-state index in [1.807, 2.05) is 76.2 Å². The summed E-state index contributed by atoms with van der Waals surface area (Å²) in [7, 11) is 2.10. The van der Waals surface area contributed by atoms with Crippen molar-refractivity contribution < 1.29 is 18.9 Å². The van der Waals surface area contributed by atoms with Crippen LogP contribution in [0.2, 0.25) is 0 Å². The van der Waals surface area contributed by atoms with Gasteiger partial charge < -0.3 is 32.9 Å². The predicted octanol–water partition coefficient (Wildman–Crippen LogP) is 8.88. The number of rotatable bonds is 10. The Balaban J connectivity index is 0.000000162. The zero-order valence-electron chi connectivity index (χ0n) is 36.5. The number of fused-ring (bicyclic) bond motifs is 2. The molecule has 8 aromatic rings. The van der Waals surface area contributed by atoms with Crippen LogP contribution in [0.25, 0.3) is 44.3 Å². The first-order valence-electron chi connectivity index (χ1n) is 21.4. The molecule has 4 aromatic carbocycles. The third-order valence-corrected chi connectivity index (χ3v) is 12.2. The minimum atomic E-state index is -0.350. The van der Waals surface area contributed by atoms with Gasteiger partial charge in [0.2, 0.25) is 11.9 Å². The molecule has 0 bridgehead atoms. The molecule has 64 heavy (non-hydrogen) atoms. The van der Waals surface area contributed by atoms with Gasteiger partial charge in [-0.2, -0.15) is 0 Å². The van der Waals surface area contributed by atoms with E-state index in [2.05, 4.69) is 65.5 Å². The van der Waals surface area contributed by atoms with Gasteiger partial charge in [-0.25, -0.2) is 9.97 Å². The lowest BCUT2D eigenvalue weighted by molar-refractivity contribution is -0.383. The van der Waals surface area contributed by atoms with E-state index in [1.54, 1.807) is 12.1 Å². The maximum Gasteiger partial charge on any atom is 0.297 e. The number of aromatic nitrogens is 6. The average molecular weight is 864 g/mol. The summed E-state index contributed by atoms with van der Waals surface area (Å²) in [6, 6.07) is 27.3. The van der Waals surface area contributed by atoms with Crippen molar-refractivity contribution in [2.24, 2.45) is 0 Å². The van der Waals surface area contributed by atoms with Crippen molar-refractivity contribution in [3.63, 3.8) is 0 Å². The van der Waals surface area contributed by atoms with Crippen LogP contribution in [0.4, 0.5) is 23.3 Å². The highest BCUT2D eigenvalue weighted by Crippen LogP contribution is 2.39. The SMILES string of the molecule is Cc1noc(C)c1-c1cc([N+](=O)[O-])c2nc(N3CCCC3)n(Cc3ccccc3)c2c1.Cc1noc(C)c1-c1cc([N+](=O)[O-])c2nc(N3CCN(C)CC3)n(Cc3ccccc3)c2c1. The smallest absolute Gasteiger partial charge is 0.297 e. The lowest BCUT2D eigenvalue weighted by atomic mass is 10.0. The molecular weight excluding hydrogens is 815 g/mol.